The number of aromatic nitrogens is 1. The van der Waals surface area contributed by atoms with Gasteiger partial charge in [0.05, 0.1) is 11.6 Å². The normalized spacial score (nSPS) is 15.3. The molecule has 142 valence electrons. The van der Waals surface area contributed by atoms with Crippen molar-refractivity contribution in [2.75, 3.05) is 0 Å². The third-order valence-corrected chi connectivity index (χ3v) is 4.48. The molecule has 1 N–H and O–H groups in total. The Labute approximate surface area is 153 Å². The highest BCUT2D eigenvalue weighted by atomic mass is 19.4. The molecule has 2 aromatic rings. The Morgan fingerprint density at radius 2 is 1.78 bits per heavy atom. The minimum atomic E-state index is -4.47. The summed E-state index contributed by atoms with van der Waals surface area (Å²) in [6.45, 7) is 1.66. The van der Waals surface area contributed by atoms with Crippen molar-refractivity contribution in [2.45, 2.75) is 38.0 Å². The molecule has 0 spiro atoms. The first-order valence-corrected chi connectivity index (χ1v) is 8.38. The fraction of sp³-hybridized carbons (Fsp3) is 0.316. The zero-order valence-electron chi connectivity index (χ0n) is 14.4. The second kappa shape index (κ2) is 7.02. The SMILES string of the molecule is CC(c1cccc(C(F)(F)F)c1)N(C(=O)c1cccc(C(=O)O)n1)C1CC1. The highest BCUT2D eigenvalue weighted by Gasteiger charge is 2.38. The van der Waals surface area contributed by atoms with E-state index < -0.39 is 29.7 Å². The van der Waals surface area contributed by atoms with Crippen LogP contribution in [-0.4, -0.2) is 32.9 Å². The third-order valence-electron chi connectivity index (χ3n) is 4.48. The van der Waals surface area contributed by atoms with Gasteiger partial charge in [0.25, 0.3) is 5.91 Å². The van der Waals surface area contributed by atoms with E-state index in [2.05, 4.69) is 4.98 Å². The number of hydrogen-bond acceptors (Lipinski definition) is 3. The van der Waals surface area contributed by atoms with Gasteiger partial charge in [-0.2, -0.15) is 13.2 Å². The van der Waals surface area contributed by atoms with Gasteiger partial charge in [0.2, 0.25) is 0 Å². The van der Waals surface area contributed by atoms with Crippen LogP contribution in [0.4, 0.5) is 13.2 Å². The summed E-state index contributed by atoms with van der Waals surface area (Å²) in [4.78, 5) is 29.4. The number of rotatable bonds is 5. The molecule has 1 atom stereocenters. The van der Waals surface area contributed by atoms with Gasteiger partial charge < -0.3 is 10.0 Å². The van der Waals surface area contributed by atoms with Gasteiger partial charge in [0.15, 0.2) is 0 Å². The van der Waals surface area contributed by atoms with Crippen LogP contribution in [0.1, 0.15) is 57.9 Å². The maximum atomic E-state index is 13.0. The van der Waals surface area contributed by atoms with Gasteiger partial charge in [-0.25, -0.2) is 9.78 Å². The molecule has 27 heavy (non-hydrogen) atoms. The Balaban J connectivity index is 1.93. The third kappa shape index (κ3) is 4.10. The molecule has 1 aromatic carbocycles. The predicted molar refractivity (Wildman–Crippen MR) is 90.2 cm³/mol. The van der Waals surface area contributed by atoms with Crippen molar-refractivity contribution >= 4 is 11.9 Å². The number of alkyl halides is 3. The monoisotopic (exact) mass is 378 g/mol. The van der Waals surface area contributed by atoms with Gasteiger partial charge >= 0.3 is 12.1 Å². The summed E-state index contributed by atoms with van der Waals surface area (Å²) >= 11 is 0. The van der Waals surface area contributed by atoms with Gasteiger partial charge in [-0.1, -0.05) is 18.2 Å². The molecule has 1 heterocycles. The Kier molecular flexibility index (Phi) is 4.91. The lowest BCUT2D eigenvalue weighted by Crippen LogP contribution is -2.36. The van der Waals surface area contributed by atoms with E-state index in [1.165, 1.54) is 29.2 Å². The number of pyridine rings is 1. The highest BCUT2D eigenvalue weighted by Crippen LogP contribution is 2.37. The first kappa shape index (κ1) is 18.9. The van der Waals surface area contributed by atoms with Crippen LogP contribution < -0.4 is 0 Å². The maximum absolute atomic E-state index is 13.0. The molecule has 1 amide bonds. The van der Waals surface area contributed by atoms with E-state index >= 15 is 0 Å². The van der Waals surface area contributed by atoms with Gasteiger partial charge in [-0.3, -0.25) is 4.79 Å². The molecular weight excluding hydrogens is 361 g/mol. The summed E-state index contributed by atoms with van der Waals surface area (Å²) in [6, 6.07) is 8.27. The van der Waals surface area contributed by atoms with E-state index in [9.17, 15) is 22.8 Å². The number of carbonyl (C=O) groups is 2. The zero-order chi connectivity index (χ0) is 19.8. The molecule has 0 bridgehead atoms. The van der Waals surface area contributed by atoms with Crippen LogP contribution in [-0.2, 0) is 6.18 Å². The van der Waals surface area contributed by atoms with Crippen LogP contribution >= 0.6 is 0 Å². The topological polar surface area (TPSA) is 70.5 Å². The van der Waals surface area contributed by atoms with Crippen molar-refractivity contribution in [3.8, 4) is 0 Å². The number of halogens is 3. The lowest BCUT2D eigenvalue weighted by atomic mass is 10.0. The smallest absolute Gasteiger partial charge is 0.416 e. The minimum Gasteiger partial charge on any atom is -0.477 e. The van der Waals surface area contributed by atoms with Crippen LogP contribution in [0.3, 0.4) is 0 Å². The molecule has 1 aliphatic rings. The fourth-order valence-electron chi connectivity index (χ4n) is 2.95. The summed E-state index contributed by atoms with van der Waals surface area (Å²) in [7, 11) is 0. The molecule has 0 aliphatic heterocycles. The standard InChI is InChI=1S/C19H17F3N2O3/c1-11(12-4-2-5-13(10-12)19(20,21)22)24(14-8-9-14)17(25)15-6-3-7-16(23-15)18(26)27/h2-7,10-11,14H,8-9H2,1H3,(H,26,27). The van der Waals surface area contributed by atoms with Crippen molar-refractivity contribution in [3.63, 3.8) is 0 Å². The number of amides is 1. The van der Waals surface area contributed by atoms with E-state index in [0.29, 0.717) is 5.56 Å². The van der Waals surface area contributed by atoms with E-state index in [0.717, 1.165) is 25.0 Å². The summed E-state index contributed by atoms with van der Waals surface area (Å²) in [5.41, 5.74) is -0.718. The van der Waals surface area contributed by atoms with Crippen molar-refractivity contribution in [1.29, 1.82) is 0 Å². The van der Waals surface area contributed by atoms with Crippen molar-refractivity contribution in [1.82, 2.24) is 9.88 Å². The molecule has 1 aromatic heterocycles. The van der Waals surface area contributed by atoms with Crippen molar-refractivity contribution in [2.24, 2.45) is 0 Å². The molecule has 5 nitrogen and oxygen atoms in total. The lowest BCUT2D eigenvalue weighted by Gasteiger charge is -2.30. The number of hydrogen-bond donors (Lipinski definition) is 1. The van der Waals surface area contributed by atoms with Crippen LogP contribution in [0.15, 0.2) is 42.5 Å². The Bertz CT molecular complexity index is 878. The Hall–Kier alpha value is -2.90. The van der Waals surface area contributed by atoms with Crippen LogP contribution in [0.5, 0.6) is 0 Å². The van der Waals surface area contributed by atoms with Crippen molar-refractivity contribution < 1.29 is 27.9 Å². The summed E-state index contributed by atoms with van der Waals surface area (Å²) in [5, 5.41) is 9.05. The van der Waals surface area contributed by atoms with E-state index in [1.807, 2.05) is 0 Å². The van der Waals surface area contributed by atoms with E-state index in [-0.39, 0.29) is 17.4 Å². The number of nitrogens with zero attached hydrogens (tertiary/aromatic N) is 2. The molecule has 1 saturated carbocycles. The fourth-order valence-corrected chi connectivity index (χ4v) is 2.95. The molecule has 3 rings (SSSR count). The molecule has 0 radical (unpaired) electrons. The van der Waals surface area contributed by atoms with E-state index in [4.69, 9.17) is 5.11 Å². The number of aromatic carboxylic acids is 1. The average Bonchev–Trinajstić information content (AvgIpc) is 3.46. The van der Waals surface area contributed by atoms with Gasteiger partial charge in [-0.15, -0.1) is 0 Å². The van der Waals surface area contributed by atoms with Crippen LogP contribution in [0.25, 0.3) is 0 Å². The van der Waals surface area contributed by atoms with Gasteiger partial charge in [-0.05, 0) is 49.6 Å². The van der Waals surface area contributed by atoms with E-state index in [1.54, 1.807) is 13.0 Å². The van der Waals surface area contributed by atoms with Gasteiger partial charge in [0, 0.05) is 6.04 Å². The van der Waals surface area contributed by atoms with Crippen LogP contribution in [0.2, 0.25) is 0 Å². The number of carboxylic acids is 1. The first-order chi connectivity index (χ1) is 12.7. The number of carbonyl (C=O) groups excluding carboxylic acids is 1. The zero-order valence-corrected chi connectivity index (χ0v) is 14.4. The summed E-state index contributed by atoms with van der Waals surface area (Å²) in [5.74, 6) is -1.75. The Morgan fingerprint density at radius 1 is 1.15 bits per heavy atom. The maximum Gasteiger partial charge on any atom is 0.416 e. The number of carboxylic acid groups (broad SMARTS) is 1. The molecule has 1 aliphatic carbocycles. The molecule has 8 heteroatoms. The lowest BCUT2D eigenvalue weighted by molar-refractivity contribution is -0.137. The predicted octanol–water partition coefficient (Wildman–Crippen LogP) is 4.16. The Morgan fingerprint density at radius 3 is 2.37 bits per heavy atom. The molecule has 1 unspecified atom stereocenters. The largest absolute Gasteiger partial charge is 0.477 e. The number of benzene rings is 1. The molecular formula is C19H17F3N2O3. The summed E-state index contributed by atoms with van der Waals surface area (Å²) in [6.07, 6.45) is -2.98. The summed E-state index contributed by atoms with van der Waals surface area (Å²) < 4.78 is 39.0. The highest BCUT2D eigenvalue weighted by molar-refractivity contribution is 5.94. The first-order valence-electron chi connectivity index (χ1n) is 8.38. The second-order valence-electron chi connectivity index (χ2n) is 6.46. The molecule has 1 fully saturated rings. The average molecular weight is 378 g/mol. The minimum absolute atomic E-state index is 0.0411. The van der Waals surface area contributed by atoms with Crippen LogP contribution in [0, 0.1) is 0 Å². The second-order valence-corrected chi connectivity index (χ2v) is 6.46. The quantitative estimate of drug-likeness (QED) is 0.848. The van der Waals surface area contributed by atoms with Gasteiger partial charge in [0.1, 0.15) is 11.4 Å². The molecule has 0 saturated heterocycles. The van der Waals surface area contributed by atoms with Crippen molar-refractivity contribution in [3.05, 3.63) is 65.0 Å².